The van der Waals surface area contributed by atoms with Gasteiger partial charge in [-0.1, -0.05) is 0 Å². The zero-order valence-electron chi connectivity index (χ0n) is 9.53. The fraction of sp³-hybridized carbons (Fsp3) is 0.333. The molecule has 0 fully saturated rings. The van der Waals surface area contributed by atoms with Gasteiger partial charge in [0.1, 0.15) is 4.21 Å². The lowest BCUT2D eigenvalue weighted by atomic mass is 10.4. The predicted molar refractivity (Wildman–Crippen MR) is 64.4 cm³/mol. The third-order valence-electron chi connectivity index (χ3n) is 1.69. The smallest absolute Gasteiger partial charge is 0.273 e. The van der Waals surface area contributed by atoms with Gasteiger partial charge in [-0.05, 0) is 18.6 Å². The van der Waals surface area contributed by atoms with Crippen molar-refractivity contribution in [2.75, 3.05) is 5.32 Å². The maximum Gasteiger partial charge on any atom is 0.273 e. The average Bonchev–Trinajstić information content (AvgIpc) is 2.43. The van der Waals surface area contributed by atoms with Crippen molar-refractivity contribution in [3.05, 3.63) is 11.6 Å². The molecule has 1 aromatic rings. The first-order valence-electron chi connectivity index (χ1n) is 4.64. The van der Waals surface area contributed by atoms with Crippen LogP contribution in [0, 0.1) is 6.92 Å². The maximum absolute atomic E-state index is 11.7. The van der Waals surface area contributed by atoms with Crippen molar-refractivity contribution in [3.8, 4) is 0 Å². The fourth-order valence-electron chi connectivity index (χ4n) is 1.20. The molecule has 0 unspecified atom stereocenters. The molecule has 0 atom stereocenters. The Bertz CT molecular complexity index is 560. The molecule has 0 saturated carbocycles. The van der Waals surface area contributed by atoms with Crippen molar-refractivity contribution in [1.82, 2.24) is 4.72 Å². The molecule has 6 nitrogen and oxygen atoms in total. The van der Waals surface area contributed by atoms with Crippen LogP contribution in [0.15, 0.2) is 10.3 Å². The number of rotatable bonds is 3. The Balaban J connectivity index is 3.11. The third kappa shape index (κ3) is 3.53. The first-order chi connectivity index (χ1) is 7.72. The van der Waals surface area contributed by atoms with E-state index in [9.17, 15) is 18.0 Å². The van der Waals surface area contributed by atoms with E-state index in [-0.39, 0.29) is 10.1 Å². The van der Waals surface area contributed by atoms with Crippen molar-refractivity contribution in [2.45, 2.75) is 25.0 Å². The minimum Gasteiger partial charge on any atom is -0.318 e. The lowest BCUT2D eigenvalue weighted by Gasteiger charge is -2.02. The number of thiophene rings is 1. The Labute approximate surface area is 103 Å². The van der Waals surface area contributed by atoms with Crippen LogP contribution in [-0.2, 0) is 19.6 Å². The Morgan fingerprint density at radius 1 is 1.24 bits per heavy atom. The minimum atomic E-state index is -3.84. The van der Waals surface area contributed by atoms with E-state index in [0.29, 0.717) is 10.6 Å². The van der Waals surface area contributed by atoms with Gasteiger partial charge in [-0.3, -0.25) is 9.59 Å². The minimum absolute atomic E-state index is 0.0245. The summed E-state index contributed by atoms with van der Waals surface area (Å²) in [7, 11) is -3.84. The van der Waals surface area contributed by atoms with Crippen molar-refractivity contribution in [3.63, 3.8) is 0 Å². The summed E-state index contributed by atoms with van der Waals surface area (Å²) in [5.74, 6) is -0.936. The topological polar surface area (TPSA) is 92.3 Å². The SMILES string of the molecule is CC(=O)Nc1cc(C)c(S(=O)(=O)NC(C)=O)s1. The standard InChI is InChI=1S/C9H12N2O4S2/c1-5-4-8(10-6(2)12)16-9(5)17(14,15)11-7(3)13/h4H,1-3H3,(H,10,12)(H,11,13). The summed E-state index contributed by atoms with van der Waals surface area (Å²) < 4.78 is 25.4. The van der Waals surface area contributed by atoms with Crippen molar-refractivity contribution < 1.29 is 18.0 Å². The predicted octanol–water partition coefficient (Wildman–Crippen LogP) is 0.840. The van der Waals surface area contributed by atoms with Crippen molar-refractivity contribution in [2.24, 2.45) is 0 Å². The molecule has 0 aliphatic carbocycles. The Morgan fingerprint density at radius 3 is 2.29 bits per heavy atom. The highest BCUT2D eigenvalue weighted by Crippen LogP contribution is 2.30. The van der Waals surface area contributed by atoms with Crippen molar-refractivity contribution >= 4 is 38.2 Å². The number of hydrogen-bond donors (Lipinski definition) is 2. The molecule has 1 aromatic heterocycles. The highest BCUT2D eigenvalue weighted by molar-refractivity contribution is 7.92. The van der Waals surface area contributed by atoms with Gasteiger partial charge in [0.25, 0.3) is 10.0 Å². The molecule has 2 N–H and O–H groups in total. The summed E-state index contributed by atoms with van der Waals surface area (Å²) in [5, 5.41) is 2.92. The first-order valence-corrected chi connectivity index (χ1v) is 6.94. The van der Waals surface area contributed by atoms with Gasteiger partial charge in [0.05, 0.1) is 5.00 Å². The molecule has 1 rings (SSSR count). The quantitative estimate of drug-likeness (QED) is 0.855. The van der Waals surface area contributed by atoms with Crippen LogP contribution in [0.3, 0.4) is 0 Å². The number of anilines is 1. The van der Waals surface area contributed by atoms with E-state index >= 15 is 0 Å². The van der Waals surface area contributed by atoms with Gasteiger partial charge in [-0.15, -0.1) is 11.3 Å². The number of aryl methyl sites for hydroxylation is 1. The van der Waals surface area contributed by atoms with Crippen LogP contribution in [-0.4, -0.2) is 20.2 Å². The van der Waals surface area contributed by atoms with E-state index in [2.05, 4.69) is 5.32 Å². The van der Waals surface area contributed by atoms with E-state index in [0.717, 1.165) is 18.3 Å². The molecule has 17 heavy (non-hydrogen) atoms. The summed E-state index contributed by atoms with van der Waals surface area (Å²) in [6.07, 6.45) is 0. The Kier molecular flexibility index (Phi) is 3.89. The second-order valence-electron chi connectivity index (χ2n) is 3.42. The highest BCUT2D eigenvalue weighted by atomic mass is 32.2. The van der Waals surface area contributed by atoms with Gasteiger partial charge < -0.3 is 5.32 Å². The van der Waals surface area contributed by atoms with E-state index in [1.54, 1.807) is 13.0 Å². The van der Waals surface area contributed by atoms with Gasteiger partial charge in [0, 0.05) is 13.8 Å². The molecule has 0 aromatic carbocycles. The Hall–Kier alpha value is -1.41. The molecule has 1 heterocycles. The fourth-order valence-corrected chi connectivity index (χ4v) is 3.84. The molecule has 0 spiro atoms. The number of amides is 2. The molecule has 0 bridgehead atoms. The largest absolute Gasteiger partial charge is 0.318 e. The number of hydrogen-bond acceptors (Lipinski definition) is 5. The van der Waals surface area contributed by atoms with Gasteiger partial charge in [0.15, 0.2) is 0 Å². The maximum atomic E-state index is 11.7. The van der Waals surface area contributed by atoms with Gasteiger partial charge in [-0.25, -0.2) is 13.1 Å². The zero-order valence-corrected chi connectivity index (χ0v) is 11.2. The summed E-state index contributed by atoms with van der Waals surface area (Å²) in [6, 6.07) is 1.54. The van der Waals surface area contributed by atoms with Crippen LogP contribution in [0.1, 0.15) is 19.4 Å². The molecule has 0 saturated heterocycles. The van der Waals surface area contributed by atoms with Crippen LogP contribution >= 0.6 is 11.3 Å². The van der Waals surface area contributed by atoms with Crippen LogP contribution in [0.5, 0.6) is 0 Å². The molecule has 0 aliphatic rings. The normalized spacial score (nSPS) is 11.0. The van der Waals surface area contributed by atoms with Crippen LogP contribution in [0.25, 0.3) is 0 Å². The van der Waals surface area contributed by atoms with E-state index in [1.165, 1.54) is 6.92 Å². The lowest BCUT2D eigenvalue weighted by molar-refractivity contribution is -0.117. The molecular weight excluding hydrogens is 264 g/mol. The average molecular weight is 276 g/mol. The molecule has 0 aliphatic heterocycles. The number of nitrogens with one attached hydrogen (secondary N) is 2. The lowest BCUT2D eigenvalue weighted by Crippen LogP contribution is -2.27. The van der Waals surface area contributed by atoms with E-state index in [1.807, 2.05) is 4.72 Å². The second-order valence-corrected chi connectivity index (χ2v) is 6.35. The van der Waals surface area contributed by atoms with Crippen molar-refractivity contribution in [1.29, 1.82) is 0 Å². The summed E-state index contributed by atoms with van der Waals surface area (Å²) in [5.41, 5.74) is 0.479. The highest BCUT2D eigenvalue weighted by Gasteiger charge is 2.21. The zero-order chi connectivity index (χ0) is 13.2. The van der Waals surface area contributed by atoms with Gasteiger partial charge in [-0.2, -0.15) is 0 Å². The number of carbonyl (C=O) groups excluding carboxylic acids is 2. The first kappa shape index (κ1) is 13.7. The van der Waals surface area contributed by atoms with Crippen LogP contribution in [0.4, 0.5) is 5.00 Å². The number of sulfonamides is 1. The second kappa shape index (κ2) is 4.84. The van der Waals surface area contributed by atoms with Gasteiger partial charge in [0.2, 0.25) is 11.8 Å². The molecule has 94 valence electrons. The summed E-state index contributed by atoms with van der Waals surface area (Å²) in [6.45, 7) is 4.04. The van der Waals surface area contributed by atoms with Crippen LogP contribution < -0.4 is 10.0 Å². The third-order valence-corrected chi connectivity index (χ3v) is 4.92. The molecule has 8 heteroatoms. The summed E-state index contributed by atoms with van der Waals surface area (Å²) in [4.78, 5) is 21.6. The van der Waals surface area contributed by atoms with E-state index in [4.69, 9.17) is 0 Å². The monoisotopic (exact) mass is 276 g/mol. The molecule has 2 amide bonds. The molecular formula is C9H12N2O4S2. The Morgan fingerprint density at radius 2 is 1.82 bits per heavy atom. The summed E-state index contributed by atoms with van der Waals surface area (Å²) >= 11 is 0.902. The van der Waals surface area contributed by atoms with E-state index < -0.39 is 15.9 Å². The number of carbonyl (C=O) groups is 2. The van der Waals surface area contributed by atoms with Crippen LogP contribution in [0.2, 0.25) is 0 Å². The molecule has 0 radical (unpaired) electrons. The van der Waals surface area contributed by atoms with Gasteiger partial charge >= 0.3 is 0 Å².